The van der Waals surface area contributed by atoms with Crippen molar-refractivity contribution in [2.24, 2.45) is 5.41 Å². The molecule has 1 N–H and O–H groups in total. The van der Waals surface area contributed by atoms with Crippen LogP contribution in [-0.4, -0.2) is 40.2 Å². The molecule has 3 aliphatic rings. The van der Waals surface area contributed by atoms with Crippen molar-refractivity contribution in [1.29, 1.82) is 0 Å². The Labute approximate surface area is 207 Å². The van der Waals surface area contributed by atoms with Crippen LogP contribution in [0.4, 0.5) is 0 Å². The lowest BCUT2D eigenvalue weighted by Crippen LogP contribution is -2.57. The van der Waals surface area contributed by atoms with Gasteiger partial charge in [0, 0.05) is 42.1 Å². The summed E-state index contributed by atoms with van der Waals surface area (Å²) in [7, 11) is 1.79. The third-order valence-electron chi connectivity index (χ3n) is 7.97. The number of hydrogen-bond donors (Lipinski definition) is 1. The Morgan fingerprint density at radius 3 is 2.62 bits per heavy atom. The number of aromatic nitrogens is 1. The zero-order valence-electron chi connectivity index (χ0n) is 20.3. The van der Waals surface area contributed by atoms with Gasteiger partial charge in [-0.1, -0.05) is 18.1 Å². The minimum atomic E-state index is -0.841. The van der Waals surface area contributed by atoms with Crippen molar-refractivity contribution in [3.8, 4) is 23.0 Å². The highest BCUT2D eigenvalue weighted by Crippen LogP contribution is 2.60. The largest absolute Gasteiger partial charge is 0.381 e. The Morgan fingerprint density at radius 1 is 1.21 bits per heavy atom. The fourth-order valence-electron chi connectivity index (χ4n) is 6.34. The molecule has 0 radical (unpaired) electrons. The summed E-state index contributed by atoms with van der Waals surface area (Å²) in [5.74, 6) is 6.12. The summed E-state index contributed by atoms with van der Waals surface area (Å²) in [6.07, 6.45) is 8.50. The molecule has 2 fully saturated rings. The van der Waals surface area contributed by atoms with Gasteiger partial charge >= 0.3 is 0 Å². The monoisotopic (exact) mass is 473 g/mol. The molecule has 2 aliphatic carbocycles. The maximum Gasteiger partial charge on any atom is 0.259 e. The molecule has 0 bridgehead atoms. The summed E-state index contributed by atoms with van der Waals surface area (Å²) < 4.78 is 5.68. The first-order valence-corrected chi connectivity index (χ1v) is 12.5. The summed E-state index contributed by atoms with van der Waals surface area (Å²) in [6.45, 7) is 5.87. The van der Waals surface area contributed by atoms with Gasteiger partial charge < -0.3 is 10.1 Å². The number of ether oxygens (including phenoxy) is 1. The number of methoxy groups -OCH3 is 1. The summed E-state index contributed by atoms with van der Waals surface area (Å²) in [5.41, 5.74) is 4.14. The molecule has 34 heavy (non-hydrogen) atoms. The molecule has 1 unspecified atom stereocenters. The van der Waals surface area contributed by atoms with Crippen LogP contribution in [0.2, 0.25) is 0 Å². The number of amides is 1. The van der Waals surface area contributed by atoms with E-state index in [-0.39, 0.29) is 23.5 Å². The lowest BCUT2D eigenvalue weighted by atomic mass is 9.61. The lowest BCUT2D eigenvalue weighted by molar-refractivity contribution is -0.139. The van der Waals surface area contributed by atoms with E-state index in [1.165, 1.54) is 5.56 Å². The minimum absolute atomic E-state index is 0.0000263. The van der Waals surface area contributed by atoms with Crippen molar-refractivity contribution >= 4 is 23.2 Å². The molecular formula is C28H31N3O2S. The quantitative estimate of drug-likeness (QED) is 0.523. The number of nitrogens with zero attached hydrogens (tertiary/aromatic N) is 2. The Morgan fingerprint density at radius 2 is 1.97 bits per heavy atom. The Hall–Kier alpha value is -2.75. The Kier molecular flexibility index (Phi) is 5.74. The average Bonchev–Trinajstić information content (AvgIpc) is 3.25. The molecule has 2 spiro atoms. The van der Waals surface area contributed by atoms with E-state index >= 15 is 0 Å². The molecule has 176 valence electrons. The molecule has 1 aromatic carbocycles. The van der Waals surface area contributed by atoms with Crippen LogP contribution in [0.3, 0.4) is 0 Å². The normalized spacial score (nSPS) is 27.8. The predicted molar refractivity (Wildman–Crippen MR) is 137 cm³/mol. The van der Waals surface area contributed by atoms with E-state index < -0.39 is 5.54 Å². The summed E-state index contributed by atoms with van der Waals surface area (Å²) in [4.78, 5) is 20.4. The van der Waals surface area contributed by atoms with Crippen LogP contribution in [0.15, 0.2) is 36.7 Å². The molecule has 1 amide bonds. The fraction of sp³-hybridized carbons (Fsp3) is 0.464. The van der Waals surface area contributed by atoms with Gasteiger partial charge in [-0.25, -0.2) is 0 Å². The van der Waals surface area contributed by atoms with Gasteiger partial charge in [0.15, 0.2) is 10.7 Å². The van der Waals surface area contributed by atoms with E-state index in [1.807, 2.05) is 27.0 Å². The van der Waals surface area contributed by atoms with Crippen LogP contribution in [0.5, 0.6) is 0 Å². The zero-order valence-corrected chi connectivity index (χ0v) is 21.1. The van der Waals surface area contributed by atoms with Crippen LogP contribution in [0.25, 0.3) is 11.1 Å². The van der Waals surface area contributed by atoms with Crippen LogP contribution in [-0.2, 0) is 21.5 Å². The van der Waals surface area contributed by atoms with E-state index in [0.717, 1.165) is 54.4 Å². The number of thiocarbonyl (C=S) groups is 1. The second-order valence-electron chi connectivity index (χ2n) is 10.1. The third-order valence-corrected chi connectivity index (χ3v) is 8.27. The van der Waals surface area contributed by atoms with Crippen molar-refractivity contribution in [2.75, 3.05) is 7.11 Å². The number of rotatable bonds is 3. The third kappa shape index (κ3) is 3.29. The number of carbonyl (C=O) groups is 1. The molecule has 1 saturated heterocycles. The summed E-state index contributed by atoms with van der Waals surface area (Å²) in [5, 5.41) is 4.13. The zero-order chi connectivity index (χ0) is 24.1. The topological polar surface area (TPSA) is 54.5 Å². The molecule has 2 aromatic rings. The summed E-state index contributed by atoms with van der Waals surface area (Å²) in [6, 6.07) is 8.58. The van der Waals surface area contributed by atoms with E-state index in [4.69, 9.17) is 17.0 Å². The van der Waals surface area contributed by atoms with Crippen molar-refractivity contribution in [2.45, 2.75) is 70.6 Å². The molecule has 2 heterocycles. The van der Waals surface area contributed by atoms with E-state index in [0.29, 0.717) is 5.11 Å². The predicted octanol–water partition coefficient (Wildman–Crippen LogP) is 4.57. The molecule has 1 saturated carbocycles. The first kappa shape index (κ1) is 23.0. The lowest BCUT2D eigenvalue weighted by Gasteiger charge is -2.46. The highest BCUT2D eigenvalue weighted by Gasteiger charge is 2.67. The number of pyridine rings is 1. The van der Waals surface area contributed by atoms with Crippen LogP contribution in [0, 0.1) is 17.3 Å². The first-order valence-electron chi connectivity index (χ1n) is 12.1. The van der Waals surface area contributed by atoms with Gasteiger partial charge in [0.25, 0.3) is 5.91 Å². The molecule has 5 nitrogen and oxygen atoms in total. The highest BCUT2D eigenvalue weighted by molar-refractivity contribution is 7.80. The smallest absolute Gasteiger partial charge is 0.259 e. The second kappa shape index (κ2) is 8.48. The van der Waals surface area contributed by atoms with Crippen molar-refractivity contribution in [1.82, 2.24) is 15.2 Å². The van der Waals surface area contributed by atoms with Gasteiger partial charge in [-0.15, -0.1) is 5.92 Å². The molecule has 1 atom stereocenters. The number of hydrogen-bond acceptors (Lipinski definition) is 4. The molecule has 6 heteroatoms. The SMILES string of the molecule is CC#Cc1cncc(-c2ccc3c(c2)C2(NC(=S)N(C(C)C)C2=O)C2(CCC(OC)CC2)C3)c1. The van der Waals surface area contributed by atoms with Gasteiger partial charge in [0.05, 0.1) is 6.10 Å². The minimum Gasteiger partial charge on any atom is -0.381 e. The van der Waals surface area contributed by atoms with Crippen molar-refractivity contribution in [3.05, 3.63) is 53.3 Å². The van der Waals surface area contributed by atoms with Crippen molar-refractivity contribution in [3.63, 3.8) is 0 Å². The van der Waals surface area contributed by atoms with Gasteiger partial charge in [-0.3, -0.25) is 14.7 Å². The van der Waals surface area contributed by atoms with Gasteiger partial charge in [0.1, 0.15) is 0 Å². The molecular weight excluding hydrogens is 442 g/mol. The van der Waals surface area contributed by atoms with E-state index in [2.05, 4.69) is 46.4 Å². The van der Waals surface area contributed by atoms with Crippen LogP contribution < -0.4 is 5.32 Å². The van der Waals surface area contributed by atoms with Gasteiger partial charge in [0.2, 0.25) is 0 Å². The second-order valence-corrected chi connectivity index (χ2v) is 10.4. The summed E-state index contributed by atoms with van der Waals surface area (Å²) >= 11 is 5.75. The molecule has 1 aromatic heterocycles. The highest BCUT2D eigenvalue weighted by atomic mass is 32.1. The number of nitrogens with one attached hydrogen (secondary N) is 1. The first-order chi connectivity index (χ1) is 16.3. The van der Waals surface area contributed by atoms with E-state index in [9.17, 15) is 4.79 Å². The van der Waals surface area contributed by atoms with Crippen LogP contribution >= 0.6 is 12.2 Å². The van der Waals surface area contributed by atoms with Crippen LogP contribution in [0.1, 0.15) is 63.1 Å². The number of benzene rings is 1. The Balaban J connectivity index is 1.66. The van der Waals surface area contributed by atoms with Gasteiger partial charge in [-0.05, 0) is 93.9 Å². The van der Waals surface area contributed by atoms with Crippen molar-refractivity contribution < 1.29 is 9.53 Å². The van der Waals surface area contributed by atoms with E-state index in [1.54, 1.807) is 18.2 Å². The maximum atomic E-state index is 14.3. The number of fused-ring (bicyclic) bond motifs is 3. The Bertz CT molecular complexity index is 1220. The molecule has 1 aliphatic heterocycles. The number of carbonyl (C=O) groups excluding carboxylic acids is 1. The average molecular weight is 474 g/mol. The maximum absolute atomic E-state index is 14.3. The standard InChI is InChI=1S/C28H31N3O2S/c1-5-6-19-13-22(17-29-16-19)20-7-8-21-15-27(11-9-23(33-4)10-12-27)28(24(21)14-20)25(32)31(18(2)3)26(34)30-28/h7-8,13-14,16-18,23H,9-12,15H2,1-4H3,(H,30,34). The molecule has 5 rings (SSSR count). The van der Waals surface area contributed by atoms with Gasteiger partial charge in [-0.2, -0.15) is 0 Å². The fourth-order valence-corrected chi connectivity index (χ4v) is 6.79.